The summed E-state index contributed by atoms with van der Waals surface area (Å²) in [5.41, 5.74) is 0.939. The van der Waals surface area contributed by atoms with Crippen LogP contribution in [-0.4, -0.2) is 30.2 Å². The Balaban J connectivity index is 1.78. The minimum absolute atomic E-state index is 0.0483. The van der Waals surface area contributed by atoms with E-state index in [9.17, 15) is 14.9 Å². The van der Waals surface area contributed by atoms with Crippen molar-refractivity contribution in [3.05, 3.63) is 77.4 Å². The first kappa shape index (κ1) is 19.9. The van der Waals surface area contributed by atoms with Gasteiger partial charge in [-0.15, -0.1) is 0 Å². The number of nitriles is 1. The molecule has 0 radical (unpaired) electrons. The molecule has 152 valence electrons. The summed E-state index contributed by atoms with van der Waals surface area (Å²) in [5.74, 6) is 0.0187. The Kier molecular flexibility index (Phi) is 5.17. The van der Waals surface area contributed by atoms with Crippen LogP contribution in [0.4, 0.5) is 0 Å². The summed E-state index contributed by atoms with van der Waals surface area (Å²) >= 11 is 0. The second-order valence-corrected chi connectivity index (χ2v) is 8.03. The van der Waals surface area contributed by atoms with Crippen molar-refractivity contribution in [3.63, 3.8) is 0 Å². The highest BCUT2D eigenvalue weighted by Gasteiger charge is 2.56. The Bertz CT molecular complexity index is 1040. The lowest BCUT2D eigenvalue weighted by molar-refractivity contribution is -0.145. The minimum Gasteiger partial charge on any atom is -0.497 e. The zero-order valence-corrected chi connectivity index (χ0v) is 17.2. The molecule has 0 unspecified atom stereocenters. The van der Waals surface area contributed by atoms with E-state index in [1.54, 1.807) is 13.2 Å². The highest BCUT2D eigenvalue weighted by Crippen LogP contribution is 2.49. The standard InChI is InChI=1S/C25H24N2O3/c1-17-22-12-13-27(16-18-8-10-21(30-2)11-9-18)24(29)25(22,14-19(15-26)23(17)28)20-6-4-3-5-7-20/h3-11,14,17,22H,12-13,16H2,1-2H3/t17-,22-,25+/m1/s1. The first-order valence-corrected chi connectivity index (χ1v) is 10.2. The predicted molar refractivity (Wildman–Crippen MR) is 113 cm³/mol. The molecule has 0 bridgehead atoms. The molecule has 1 saturated heterocycles. The van der Waals surface area contributed by atoms with E-state index >= 15 is 0 Å². The first-order valence-electron chi connectivity index (χ1n) is 10.2. The highest BCUT2D eigenvalue weighted by atomic mass is 16.5. The lowest BCUT2D eigenvalue weighted by atomic mass is 9.57. The molecule has 0 N–H and O–H groups in total. The van der Waals surface area contributed by atoms with Crippen molar-refractivity contribution in [3.8, 4) is 11.8 Å². The predicted octanol–water partition coefficient (Wildman–Crippen LogP) is 3.65. The number of Topliss-reactive ketones (excluding diaryl/α,β-unsaturated/α-hetero) is 1. The van der Waals surface area contributed by atoms with Crippen molar-refractivity contribution in [1.29, 1.82) is 5.26 Å². The fraction of sp³-hybridized carbons (Fsp3) is 0.320. The zero-order chi connectivity index (χ0) is 21.3. The second-order valence-electron chi connectivity index (χ2n) is 8.03. The average molecular weight is 400 g/mol. The number of allylic oxidation sites excluding steroid dienone is 1. The number of carbonyl (C=O) groups excluding carboxylic acids is 2. The summed E-state index contributed by atoms with van der Waals surface area (Å²) in [6.45, 7) is 2.90. The smallest absolute Gasteiger partial charge is 0.237 e. The molecule has 5 heteroatoms. The molecule has 1 fully saturated rings. The molecule has 5 nitrogen and oxygen atoms in total. The van der Waals surface area contributed by atoms with Crippen LogP contribution in [0.1, 0.15) is 24.5 Å². The summed E-state index contributed by atoms with van der Waals surface area (Å²) in [4.78, 5) is 28.5. The van der Waals surface area contributed by atoms with Crippen LogP contribution in [-0.2, 0) is 21.5 Å². The Morgan fingerprint density at radius 3 is 2.47 bits per heavy atom. The lowest BCUT2D eigenvalue weighted by Gasteiger charge is -2.50. The number of rotatable bonds is 4. The maximum atomic E-state index is 14.0. The third kappa shape index (κ3) is 3.09. The van der Waals surface area contributed by atoms with E-state index in [1.165, 1.54) is 0 Å². The molecule has 30 heavy (non-hydrogen) atoms. The molecule has 1 aliphatic heterocycles. The molecular formula is C25H24N2O3. The number of methoxy groups -OCH3 is 1. The Labute approximate surface area is 176 Å². The van der Waals surface area contributed by atoms with E-state index in [1.807, 2.05) is 72.5 Å². The van der Waals surface area contributed by atoms with Crippen LogP contribution in [0.25, 0.3) is 0 Å². The summed E-state index contributed by atoms with van der Waals surface area (Å²) in [6, 6.07) is 19.3. The van der Waals surface area contributed by atoms with E-state index in [-0.39, 0.29) is 29.1 Å². The van der Waals surface area contributed by atoms with Gasteiger partial charge in [-0.2, -0.15) is 5.26 Å². The molecule has 1 heterocycles. The van der Waals surface area contributed by atoms with Gasteiger partial charge in [0.1, 0.15) is 11.8 Å². The number of hydrogen-bond acceptors (Lipinski definition) is 4. The molecule has 4 rings (SSSR count). The van der Waals surface area contributed by atoms with E-state index in [4.69, 9.17) is 4.74 Å². The quantitative estimate of drug-likeness (QED) is 0.785. The Morgan fingerprint density at radius 1 is 1.13 bits per heavy atom. The lowest BCUT2D eigenvalue weighted by Crippen LogP contribution is -2.59. The average Bonchev–Trinajstić information content (AvgIpc) is 2.79. The molecule has 2 aliphatic rings. The number of likely N-dealkylation sites (tertiary alicyclic amines) is 1. The number of fused-ring (bicyclic) bond motifs is 1. The van der Waals surface area contributed by atoms with Gasteiger partial charge < -0.3 is 9.64 Å². The maximum absolute atomic E-state index is 14.0. The Morgan fingerprint density at radius 2 is 1.83 bits per heavy atom. The molecule has 0 aromatic heterocycles. The van der Waals surface area contributed by atoms with Gasteiger partial charge in [0.15, 0.2) is 5.78 Å². The number of benzene rings is 2. The second kappa shape index (κ2) is 7.79. The van der Waals surface area contributed by atoms with Gasteiger partial charge in [0.05, 0.1) is 18.1 Å². The number of ether oxygens (including phenoxy) is 1. The van der Waals surface area contributed by atoms with E-state index in [0.29, 0.717) is 19.5 Å². The molecule has 1 amide bonds. The summed E-state index contributed by atoms with van der Waals surface area (Å²) < 4.78 is 5.22. The zero-order valence-electron chi connectivity index (χ0n) is 17.2. The number of carbonyl (C=O) groups is 2. The topological polar surface area (TPSA) is 70.4 Å². The van der Waals surface area contributed by atoms with Crippen LogP contribution in [0.15, 0.2) is 66.2 Å². The monoisotopic (exact) mass is 400 g/mol. The maximum Gasteiger partial charge on any atom is 0.237 e. The van der Waals surface area contributed by atoms with Gasteiger partial charge in [0, 0.05) is 19.0 Å². The summed E-state index contributed by atoms with van der Waals surface area (Å²) in [5, 5.41) is 9.59. The summed E-state index contributed by atoms with van der Waals surface area (Å²) in [6.07, 6.45) is 2.34. The van der Waals surface area contributed by atoms with E-state index < -0.39 is 5.41 Å². The number of nitrogens with zero attached hydrogens (tertiary/aromatic N) is 2. The van der Waals surface area contributed by atoms with Crippen LogP contribution < -0.4 is 4.74 Å². The highest BCUT2D eigenvalue weighted by molar-refractivity contribution is 6.06. The fourth-order valence-corrected chi connectivity index (χ4v) is 4.91. The van der Waals surface area contributed by atoms with Gasteiger partial charge in [-0.3, -0.25) is 9.59 Å². The Hall–Kier alpha value is -3.39. The van der Waals surface area contributed by atoms with Crippen molar-refractivity contribution in [1.82, 2.24) is 4.90 Å². The molecular weight excluding hydrogens is 376 g/mol. The van der Waals surface area contributed by atoms with Crippen molar-refractivity contribution in [2.24, 2.45) is 11.8 Å². The number of amides is 1. The largest absolute Gasteiger partial charge is 0.497 e. The molecule has 0 spiro atoms. The summed E-state index contributed by atoms with van der Waals surface area (Å²) in [7, 11) is 1.62. The van der Waals surface area contributed by atoms with Crippen LogP contribution in [0, 0.1) is 23.2 Å². The van der Waals surface area contributed by atoms with Crippen molar-refractivity contribution < 1.29 is 14.3 Å². The number of piperidine rings is 1. The molecule has 0 saturated carbocycles. The van der Waals surface area contributed by atoms with Gasteiger partial charge in [0.25, 0.3) is 0 Å². The van der Waals surface area contributed by atoms with Gasteiger partial charge in [-0.1, -0.05) is 49.4 Å². The van der Waals surface area contributed by atoms with Crippen molar-refractivity contribution in [2.45, 2.75) is 25.3 Å². The van der Waals surface area contributed by atoms with E-state index in [0.717, 1.165) is 16.9 Å². The SMILES string of the molecule is COc1ccc(CN2CC[C@@H]3[C@@H](C)C(=O)C(C#N)=C[C@@]3(c3ccccc3)C2=O)cc1. The fourth-order valence-electron chi connectivity index (χ4n) is 4.91. The van der Waals surface area contributed by atoms with Crippen LogP contribution in [0.5, 0.6) is 5.75 Å². The van der Waals surface area contributed by atoms with Crippen LogP contribution >= 0.6 is 0 Å². The molecule has 1 aliphatic carbocycles. The molecule has 2 aromatic carbocycles. The van der Waals surface area contributed by atoms with Crippen LogP contribution in [0.3, 0.4) is 0 Å². The molecule has 2 aromatic rings. The van der Waals surface area contributed by atoms with Gasteiger partial charge in [0.2, 0.25) is 5.91 Å². The minimum atomic E-state index is -0.996. The van der Waals surface area contributed by atoms with Gasteiger partial charge >= 0.3 is 0 Å². The molecule has 3 atom stereocenters. The number of ketones is 1. The third-order valence-electron chi connectivity index (χ3n) is 6.49. The van der Waals surface area contributed by atoms with Gasteiger partial charge in [-0.05, 0) is 41.7 Å². The van der Waals surface area contributed by atoms with Crippen molar-refractivity contribution in [2.75, 3.05) is 13.7 Å². The van der Waals surface area contributed by atoms with E-state index in [2.05, 4.69) is 0 Å². The van der Waals surface area contributed by atoms with Gasteiger partial charge in [-0.25, -0.2) is 0 Å². The number of hydrogen-bond donors (Lipinski definition) is 0. The first-order chi connectivity index (χ1) is 14.5. The van der Waals surface area contributed by atoms with Crippen molar-refractivity contribution >= 4 is 11.7 Å². The normalized spacial score (nSPS) is 25.9. The van der Waals surface area contributed by atoms with Crippen LogP contribution in [0.2, 0.25) is 0 Å². The third-order valence-corrected chi connectivity index (χ3v) is 6.49.